The molecule has 1 aliphatic rings. The van der Waals surface area contributed by atoms with Gasteiger partial charge in [-0.05, 0) is 36.4 Å². The van der Waals surface area contributed by atoms with Crippen molar-refractivity contribution in [1.82, 2.24) is 14.7 Å². The first-order valence-electron chi connectivity index (χ1n) is 10.7. The summed E-state index contributed by atoms with van der Waals surface area (Å²) >= 11 is 0. The van der Waals surface area contributed by atoms with Gasteiger partial charge in [-0.2, -0.15) is 5.10 Å². The molecule has 0 bridgehead atoms. The molecule has 2 aromatic heterocycles. The largest absolute Gasteiger partial charge is 0.487 e. The van der Waals surface area contributed by atoms with E-state index >= 15 is 0 Å². The Kier molecular flexibility index (Phi) is 5.64. The fraction of sp³-hybridized carbons (Fsp3) is 0.200. The number of furan rings is 1. The average molecular weight is 449 g/mol. The smallest absolute Gasteiger partial charge is 0.272 e. The number of aromatic nitrogens is 2. The van der Waals surface area contributed by atoms with Gasteiger partial charge in [0, 0.05) is 38.1 Å². The van der Waals surface area contributed by atoms with Crippen LogP contribution in [0.1, 0.15) is 23.3 Å². The maximum absolute atomic E-state index is 13.9. The summed E-state index contributed by atoms with van der Waals surface area (Å²) in [5.41, 5.74) is 1.76. The zero-order chi connectivity index (χ0) is 22.8. The minimum absolute atomic E-state index is 0.0198. The fourth-order valence-electron chi connectivity index (χ4n) is 3.93. The SMILES string of the molecule is O=C(c1cc(-c2ccco2)nn1-c1ccccc1)N1CCC(Oc2ccc(F)cc2F)CC1. The summed E-state index contributed by atoms with van der Waals surface area (Å²) in [4.78, 5) is 15.2. The van der Waals surface area contributed by atoms with Gasteiger partial charge in [-0.15, -0.1) is 0 Å². The number of halogens is 2. The van der Waals surface area contributed by atoms with Crippen LogP contribution in [-0.4, -0.2) is 39.8 Å². The average Bonchev–Trinajstić information content (AvgIpc) is 3.52. The molecule has 0 N–H and O–H groups in total. The maximum Gasteiger partial charge on any atom is 0.272 e. The van der Waals surface area contributed by atoms with Crippen LogP contribution in [0, 0.1) is 11.6 Å². The van der Waals surface area contributed by atoms with Crippen LogP contribution in [0.5, 0.6) is 5.75 Å². The molecule has 5 rings (SSSR count). The Labute approximate surface area is 189 Å². The van der Waals surface area contributed by atoms with Crippen LogP contribution in [0.3, 0.4) is 0 Å². The van der Waals surface area contributed by atoms with Crippen molar-refractivity contribution in [3.8, 4) is 22.9 Å². The topological polar surface area (TPSA) is 60.5 Å². The van der Waals surface area contributed by atoms with E-state index in [0.29, 0.717) is 43.1 Å². The lowest BCUT2D eigenvalue weighted by Crippen LogP contribution is -2.42. The first-order chi connectivity index (χ1) is 16.1. The van der Waals surface area contributed by atoms with Crippen molar-refractivity contribution < 1.29 is 22.7 Å². The van der Waals surface area contributed by atoms with Crippen molar-refractivity contribution >= 4 is 5.91 Å². The van der Waals surface area contributed by atoms with Crippen molar-refractivity contribution in [2.24, 2.45) is 0 Å². The molecule has 6 nitrogen and oxygen atoms in total. The molecule has 0 unspecified atom stereocenters. The maximum atomic E-state index is 13.9. The lowest BCUT2D eigenvalue weighted by molar-refractivity contribution is 0.0580. The first kappa shape index (κ1) is 20.9. The molecule has 0 radical (unpaired) electrons. The van der Waals surface area contributed by atoms with Gasteiger partial charge in [-0.25, -0.2) is 13.5 Å². The van der Waals surface area contributed by atoms with Crippen molar-refractivity contribution in [2.75, 3.05) is 13.1 Å². The number of amides is 1. The summed E-state index contributed by atoms with van der Waals surface area (Å²) in [6, 6.07) is 18.0. The first-order valence-corrected chi connectivity index (χ1v) is 10.7. The summed E-state index contributed by atoms with van der Waals surface area (Å²) in [6.07, 6.45) is 2.37. The normalized spacial score (nSPS) is 14.4. The van der Waals surface area contributed by atoms with E-state index in [9.17, 15) is 13.6 Å². The van der Waals surface area contributed by atoms with E-state index in [0.717, 1.165) is 11.8 Å². The second-order valence-electron chi connectivity index (χ2n) is 7.82. The third-order valence-electron chi connectivity index (χ3n) is 5.62. The number of hydrogen-bond acceptors (Lipinski definition) is 4. The minimum Gasteiger partial charge on any atom is -0.487 e. The summed E-state index contributed by atoms with van der Waals surface area (Å²) in [6.45, 7) is 0.894. The van der Waals surface area contributed by atoms with E-state index in [1.165, 1.54) is 12.1 Å². The van der Waals surface area contributed by atoms with Crippen LogP contribution in [0.2, 0.25) is 0 Å². The Balaban J connectivity index is 1.33. The highest BCUT2D eigenvalue weighted by Gasteiger charge is 2.28. The monoisotopic (exact) mass is 449 g/mol. The molecule has 0 saturated carbocycles. The molecule has 4 aromatic rings. The quantitative estimate of drug-likeness (QED) is 0.426. The van der Waals surface area contributed by atoms with Crippen LogP contribution < -0.4 is 4.74 Å². The predicted octanol–water partition coefficient (Wildman–Crippen LogP) is 5.09. The van der Waals surface area contributed by atoms with Gasteiger partial charge in [0.05, 0.1) is 12.0 Å². The molecule has 3 heterocycles. The highest BCUT2D eigenvalue weighted by Crippen LogP contribution is 2.26. The van der Waals surface area contributed by atoms with E-state index in [1.807, 2.05) is 30.3 Å². The minimum atomic E-state index is -0.731. The van der Waals surface area contributed by atoms with Crippen molar-refractivity contribution in [2.45, 2.75) is 18.9 Å². The lowest BCUT2D eigenvalue weighted by Gasteiger charge is -2.32. The molecule has 33 heavy (non-hydrogen) atoms. The summed E-state index contributed by atoms with van der Waals surface area (Å²) in [5, 5.41) is 4.60. The summed E-state index contributed by atoms with van der Waals surface area (Å²) < 4.78 is 39.8. The van der Waals surface area contributed by atoms with Gasteiger partial charge >= 0.3 is 0 Å². The van der Waals surface area contributed by atoms with Gasteiger partial charge in [0.1, 0.15) is 23.3 Å². The zero-order valence-corrected chi connectivity index (χ0v) is 17.7. The number of para-hydroxylation sites is 1. The number of rotatable bonds is 5. The Hall–Kier alpha value is -3.94. The van der Waals surface area contributed by atoms with Crippen LogP contribution in [0.25, 0.3) is 17.1 Å². The van der Waals surface area contributed by atoms with Gasteiger partial charge in [-0.3, -0.25) is 4.79 Å². The predicted molar refractivity (Wildman–Crippen MR) is 117 cm³/mol. The number of benzene rings is 2. The lowest BCUT2D eigenvalue weighted by atomic mass is 10.1. The highest BCUT2D eigenvalue weighted by atomic mass is 19.1. The van der Waals surface area contributed by atoms with Gasteiger partial charge in [0.25, 0.3) is 5.91 Å². The molecule has 1 amide bonds. The molecule has 0 aliphatic carbocycles. The third-order valence-corrected chi connectivity index (χ3v) is 5.62. The van der Waals surface area contributed by atoms with E-state index in [-0.39, 0.29) is 17.8 Å². The number of ether oxygens (including phenoxy) is 1. The van der Waals surface area contributed by atoms with E-state index in [2.05, 4.69) is 5.10 Å². The van der Waals surface area contributed by atoms with Crippen LogP contribution in [0.15, 0.2) is 77.4 Å². The van der Waals surface area contributed by atoms with Crippen molar-refractivity contribution in [1.29, 1.82) is 0 Å². The molecule has 168 valence electrons. The van der Waals surface area contributed by atoms with E-state index < -0.39 is 11.6 Å². The number of likely N-dealkylation sites (tertiary alicyclic amines) is 1. The Bertz CT molecular complexity index is 1250. The van der Waals surface area contributed by atoms with Crippen LogP contribution in [0.4, 0.5) is 8.78 Å². The van der Waals surface area contributed by atoms with Crippen LogP contribution >= 0.6 is 0 Å². The number of hydrogen-bond donors (Lipinski definition) is 0. The molecular formula is C25H21F2N3O3. The molecule has 1 saturated heterocycles. The van der Waals surface area contributed by atoms with Crippen molar-refractivity contribution in [3.05, 3.63) is 90.3 Å². The van der Waals surface area contributed by atoms with Gasteiger partial charge < -0.3 is 14.1 Å². The number of carbonyl (C=O) groups is 1. The standard InChI is InChI=1S/C25H21F2N3O3/c26-17-8-9-23(20(27)15-17)33-19-10-12-29(13-11-19)25(31)22-16-21(24-7-4-14-32-24)28-30(22)18-5-2-1-3-6-18/h1-9,14-16,19H,10-13H2. The zero-order valence-electron chi connectivity index (χ0n) is 17.7. The van der Waals surface area contributed by atoms with Gasteiger partial charge in [0.2, 0.25) is 0 Å². The molecule has 1 aliphatic heterocycles. The summed E-state index contributed by atoms with van der Waals surface area (Å²) in [5.74, 6) is -0.941. The molecule has 8 heteroatoms. The second kappa shape index (κ2) is 8.90. The fourth-order valence-corrected chi connectivity index (χ4v) is 3.93. The number of piperidine rings is 1. The molecule has 0 spiro atoms. The molecular weight excluding hydrogens is 428 g/mol. The second-order valence-corrected chi connectivity index (χ2v) is 7.82. The Morgan fingerprint density at radius 2 is 1.79 bits per heavy atom. The number of nitrogens with zero attached hydrogens (tertiary/aromatic N) is 3. The Morgan fingerprint density at radius 1 is 1.00 bits per heavy atom. The number of carbonyl (C=O) groups excluding carboxylic acids is 1. The third kappa shape index (κ3) is 4.37. The van der Waals surface area contributed by atoms with E-state index in [4.69, 9.17) is 9.15 Å². The molecule has 2 aromatic carbocycles. The molecule has 1 fully saturated rings. The Morgan fingerprint density at radius 3 is 2.48 bits per heavy atom. The summed E-state index contributed by atoms with van der Waals surface area (Å²) in [7, 11) is 0. The van der Waals surface area contributed by atoms with E-state index in [1.54, 1.807) is 34.0 Å². The van der Waals surface area contributed by atoms with Gasteiger partial charge in [-0.1, -0.05) is 18.2 Å². The van der Waals surface area contributed by atoms with Crippen LogP contribution in [-0.2, 0) is 0 Å². The molecule has 0 atom stereocenters. The van der Waals surface area contributed by atoms with Crippen molar-refractivity contribution in [3.63, 3.8) is 0 Å². The highest BCUT2D eigenvalue weighted by molar-refractivity contribution is 5.94. The van der Waals surface area contributed by atoms with Gasteiger partial charge in [0.15, 0.2) is 17.3 Å².